The van der Waals surface area contributed by atoms with Crippen molar-refractivity contribution in [2.75, 3.05) is 13.2 Å². The Morgan fingerprint density at radius 2 is 2.12 bits per heavy atom. The number of benzene rings is 1. The summed E-state index contributed by atoms with van der Waals surface area (Å²) in [5.41, 5.74) is 6.73. The van der Waals surface area contributed by atoms with Gasteiger partial charge in [-0.15, -0.1) is 0 Å². The lowest BCUT2D eigenvalue weighted by Gasteiger charge is -2.01. The molecule has 0 radical (unpaired) electrons. The van der Waals surface area contributed by atoms with Crippen LogP contribution in [0.2, 0.25) is 0 Å². The summed E-state index contributed by atoms with van der Waals surface area (Å²) in [7, 11) is 0. The van der Waals surface area contributed by atoms with Crippen LogP contribution in [0.3, 0.4) is 0 Å². The van der Waals surface area contributed by atoms with Crippen molar-refractivity contribution < 1.29 is 4.74 Å². The van der Waals surface area contributed by atoms with E-state index in [0.29, 0.717) is 6.04 Å². The molecule has 1 heterocycles. The molecule has 0 aromatic heterocycles. The lowest BCUT2D eigenvalue weighted by Crippen LogP contribution is -2.09. The van der Waals surface area contributed by atoms with Crippen molar-refractivity contribution >= 4 is 5.90 Å². The maximum absolute atomic E-state index is 5.58. The van der Waals surface area contributed by atoms with E-state index in [1.54, 1.807) is 0 Å². The van der Waals surface area contributed by atoms with Gasteiger partial charge in [0.1, 0.15) is 6.61 Å². The van der Waals surface area contributed by atoms with Gasteiger partial charge in [0.2, 0.25) is 0 Å². The third-order valence-electron chi connectivity index (χ3n) is 2.71. The lowest BCUT2D eigenvalue weighted by atomic mass is 10.1. The van der Waals surface area contributed by atoms with Crippen molar-refractivity contribution in [2.24, 2.45) is 10.7 Å². The van der Waals surface area contributed by atoms with Gasteiger partial charge in [0, 0.05) is 6.42 Å². The van der Waals surface area contributed by atoms with Crippen LogP contribution in [0, 0.1) is 0 Å². The number of aliphatic imine (C=N–C) groups is 1. The molecular weight excluding hydrogens is 200 g/mol. The van der Waals surface area contributed by atoms with Crippen LogP contribution in [0.1, 0.15) is 18.4 Å². The van der Waals surface area contributed by atoms with E-state index in [1.807, 2.05) is 18.2 Å². The molecule has 2 rings (SSSR count). The minimum absolute atomic E-state index is 0.322. The molecule has 1 unspecified atom stereocenters. The van der Waals surface area contributed by atoms with E-state index in [9.17, 15) is 0 Å². The summed E-state index contributed by atoms with van der Waals surface area (Å²) in [5.74, 6) is 0.869. The molecule has 0 fully saturated rings. The molecule has 16 heavy (non-hydrogen) atoms. The van der Waals surface area contributed by atoms with Crippen molar-refractivity contribution in [3.8, 4) is 0 Å². The van der Waals surface area contributed by atoms with Gasteiger partial charge in [-0.25, -0.2) is 4.99 Å². The van der Waals surface area contributed by atoms with Crippen molar-refractivity contribution in [3.63, 3.8) is 0 Å². The van der Waals surface area contributed by atoms with Gasteiger partial charge in [-0.05, 0) is 24.9 Å². The molecule has 0 bridgehead atoms. The maximum Gasteiger partial charge on any atom is 0.188 e. The molecule has 3 nitrogen and oxygen atoms in total. The van der Waals surface area contributed by atoms with Gasteiger partial charge < -0.3 is 10.5 Å². The third kappa shape index (κ3) is 3.07. The third-order valence-corrected chi connectivity index (χ3v) is 2.71. The van der Waals surface area contributed by atoms with Crippen LogP contribution in [-0.4, -0.2) is 25.1 Å². The average Bonchev–Trinajstić information content (AvgIpc) is 2.75. The zero-order chi connectivity index (χ0) is 11.2. The largest absolute Gasteiger partial charge is 0.478 e. The Hall–Kier alpha value is -1.35. The Balaban J connectivity index is 1.87. The number of hydrogen-bond donors (Lipinski definition) is 1. The highest BCUT2D eigenvalue weighted by Crippen LogP contribution is 2.13. The summed E-state index contributed by atoms with van der Waals surface area (Å²) in [4.78, 5) is 4.56. The fourth-order valence-corrected chi connectivity index (χ4v) is 1.84. The van der Waals surface area contributed by atoms with Crippen molar-refractivity contribution in [1.29, 1.82) is 0 Å². The maximum atomic E-state index is 5.58. The molecule has 3 heteroatoms. The summed E-state index contributed by atoms with van der Waals surface area (Å²) in [6, 6.07) is 10.6. The molecule has 0 spiro atoms. The van der Waals surface area contributed by atoms with Gasteiger partial charge >= 0.3 is 0 Å². The monoisotopic (exact) mass is 218 g/mol. The Bertz CT molecular complexity index is 348. The van der Waals surface area contributed by atoms with Crippen LogP contribution < -0.4 is 5.73 Å². The SMILES string of the molecule is NCCCC1COC(Cc2ccccc2)=N1. The molecule has 1 aromatic carbocycles. The van der Waals surface area contributed by atoms with E-state index < -0.39 is 0 Å². The number of rotatable bonds is 5. The van der Waals surface area contributed by atoms with Crippen LogP contribution in [0.15, 0.2) is 35.3 Å². The number of hydrogen-bond acceptors (Lipinski definition) is 3. The zero-order valence-corrected chi connectivity index (χ0v) is 9.43. The highest BCUT2D eigenvalue weighted by Gasteiger charge is 2.17. The summed E-state index contributed by atoms with van der Waals surface area (Å²) < 4.78 is 5.58. The predicted molar refractivity (Wildman–Crippen MR) is 65.6 cm³/mol. The van der Waals surface area contributed by atoms with Crippen LogP contribution in [0.25, 0.3) is 0 Å². The summed E-state index contributed by atoms with van der Waals surface area (Å²) in [6.45, 7) is 1.46. The molecule has 2 N–H and O–H groups in total. The van der Waals surface area contributed by atoms with Crippen LogP contribution in [0.5, 0.6) is 0 Å². The van der Waals surface area contributed by atoms with Crippen molar-refractivity contribution in [2.45, 2.75) is 25.3 Å². The normalized spacial score (nSPS) is 19.3. The van der Waals surface area contributed by atoms with Gasteiger partial charge in [0.15, 0.2) is 5.90 Å². The van der Waals surface area contributed by atoms with Crippen molar-refractivity contribution in [3.05, 3.63) is 35.9 Å². The van der Waals surface area contributed by atoms with Gasteiger partial charge in [-0.2, -0.15) is 0 Å². The van der Waals surface area contributed by atoms with E-state index >= 15 is 0 Å². The number of nitrogens with zero attached hydrogens (tertiary/aromatic N) is 1. The van der Waals surface area contributed by atoms with E-state index in [0.717, 1.165) is 38.3 Å². The van der Waals surface area contributed by atoms with Crippen LogP contribution >= 0.6 is 0 Å². The smallest absolute Gasteiger partial charge is 0.188 e. The fourth-order valence-electron chi connectivity index (χ4n) is 1.84. The molecule has 1 aliphatic rings. The first-order chi connectivity index (χ1) is 7.88. The van der Waals surface area contributed by atoms with Crippen LogP contribution in [0.4, 0.5) is 0 Å². The Morgan fingerprint density at radius 3 is 2.88 bits per heavy atom. The first-order valence-corrected chi connectivity index (χ1v) is 5.82. The Morgan fingerprint density at radius 1 is 1.31 bits per heavy atom. The van der Waals surface area contributed by atoms with E-state index in [-0.39, 0.29) is 0 Å². The number of ether oxygens (including phenoxy) is 1. The zero-order valence-electron chi connectivity index (χ0n) is 9.43. The van der Waals surface area contributed by atoms with Gasteiger partial charge in [0.05, 0.1) is 6.04 Å². The molecule has 0 amide bonds. The highest BCUT2D eigenvalue weighted by molar-refractivity contribution is 5.80. The standard InChI is InChI=1S/C13H18N2O/c14-8-4-7-12-10-16-13(15-12)9-11-5-2-1-3-6-11/h1-3,5-6,12H,4,7-10,14H2. The predicted octanol–water partition coefficient (Wildman–Crippen LogP) is 1.77. The average molecular weight is 218 g/mol. The quantitative estimate of drug-likeness (QED) is 0.818. The number of nitrogens with two attached hydrogens (primary N) is 1. The molecule has 1 aliphatic heterocycles. The van der Waals surface area contributed by atoms with Gasteiger partial charge in [-0.1, -0.05) is 30.3 Å². The van der Waals surface area contributed by atoms with Crippen molar-refractivity contribution in [1.82, 2.24) is 0 Å². The molecular formula is C13H18N2O. The molecule has 0 aliphatic carbocycles. The Labute approximate surface area is 96.3 Å². The molecule has 0 saturated carbocycles. The first kappa shape index (κ1) is 11.1. The minimum Gasteiger partial charge on any atom is -0.478 e. The fraction of sp³-hybridized carbons (Fsp3) is 0.462. The molecule has 1 aromatic rings. The Kier molecular flexibility index (Phi) is 3.94. The highest BCUT2D eigenvalue weighted by atomic mass is 16.5. The second kappa shape index (κ2) is 5.66. The molecule has 1 atom stereocenters. The summed E-state index contributed by atoms with van der Waals surface area (Å²) in [5, 5.41) is 0. The van der Waals surface area contributed by atoms with Crippen LogP contribution in [-0.2, 0) is 11.2 Å². The lowest BCUT2D eigenvalue weighted by molar-refractivity contribution is 0.305. The van der Waals surface area contributed by atoms with E-state index in [2.05, 4.69) is 17.1 Å². The summed E-state index contributed by atoms with van der Waals surface area (Å²) in [6.07, 6.45) is 2.87. The molecule has 86 valence electrons. The van der Waals surface area contributed by atoms with E-state index in [1.165, 1.54) is 5.56 Å². The van der Waals surface area contributed by atoms with Gasteiger partial charge in [0.25, 0.3) is 0 Å². The minimum atomic E-state index is 0.322. The topological polar surface area (TPSA) is 47.6 Å². The molecule has 0 saturated heterocycles. The summed E-state index contributed by atoms with van der Waals surface area (Å²) >= 11 is 0. The second-order valence-electron chi connectivity index (χ2n) is 4.08. The second-order valence-corrected chi connectivity index (χ2v) is 4.08. The first-order valence-electron chi connectivity index (χ1n) is 5.82. The van der Waals surface area contributed by atoms with Gasteiger partial charge in [-0.3, -0.25) is 0 Å². The van der Waals surface area contributed by atoms with E-state index in [4.69, 9.17) is 10.5 Å².